The predicted molar refractivity (Wildman–Crippen MR) is 119 cm³/mol. The second-order valence-electron chi connectivity index (χ2n) is 7.18. The normalized spacial score (nSPS) is 23.4. The minimum absolute atomic E-state index is 0.0997. The van der Waals surface area contributed by atoms with Gasteiger partial charge >= 0.3 is 0 Å². The maximum absolute atomic E-state index is 13.2. The molecule has 3 atom stereocenters. The van der Waals surface area contributed by atoms with Gasteiger partial charge < -0.3 is 14.2 Å². The third-order valence-electron chi connectivity index (χ3n) is 5.35. The highest BCUT2D eigenvalue weighted by Crippen LogP contribution is 2.37. The van der Waals surface area contributed by atoms with Crippen LogP contribution in [-0.4, -0.2) is 42.0 Å². The van der Waals surface area contributed by atoms with Crippen LogP contribution >= 0.6 is 27.5 Å². The molecule has 1 amide bonds. The van der Waals surface area contributed by atoms with Gasteiger partial charge in [0.15, 0.2) is 11.5 Å². The molecule has 0 radical (unpaired) electrons. The molecular formula is C22H22BrClN2O4. The number of methoxy groups -OCH3 is 2. The van der Waals surface area contributed by atoms with E-state index >= 15 is 0 Å². The molecule has 8 heteroatoms. The lowest BCUT2D eigenvalue weighted by Gasteiger charge is -2.24. The summed E-state index contributed by atoms with van der Waals surface area (Å²) >= 11 is 9.50. The fourth-order valence-electron chi connectivity index (χ4n) is 3.77. The number of carbonyl (C=O) groups excluding carboxylic acids is 1. The van der Waals surface area contributed by atoms with Crippen molar-refractivity contribution in [3.05, 3.63) is 58.6 Å². The van der Waals surface area contributed by atoms with Crippen molar-refractivity contribution in [2.24, 2.45) is 5.10 Å². The molecule has 2 heterocycles. The number of nitrogens with zero attached hydrogens (tertiary/aromatic N) is 2. The zero-order valence-electron chi connectivity index (χ0n) is 16.7. The van der Waals surface area contributed by atoms with E-state index in [1.54, 1.807) is 19.2 Å². The van der Waals surface area contributed by atoms with Gasteiger partial charge in [0.05, 0.1) is 26.0 Å². The molecule has 2 aliphatic rings. The van der Waals surface area contributed by atoms with Gasteiger partial charge in [-0.3, -0.25) is 4.79 Å². The molecule has 0 aromatic heterocycles. The third kappa shape index (κ3) is 4.19. The fraction of sp³-hybridized carbons (Fsp3) is 0.364. The van der Waals surface area contributed by atoms with Gasteiger partial charge in [-0.15, -0.1) is 0 Å². The van der Waals surface area contributed by atoms with E-state index in [-0.39, 0.29) is 17.0 Å². The molecule has 158 valence electrons. The van der Waals surface area contributed by atoms with E-state index < -0.39 is 6.10 Å². The molecule has 0 saturated carbocycles. The quantitative estimate of drug-likeness (QED) is 0.554. The Bertz CT molecular complexity index is 966. The highest BCUT2D eigenvalue weighted by atomic mass is 79.9. The summed E-state index contributed by atoms with van der Waals surface area (Å²) < 4.78 is 16.5. The number of amides is 1. The standard InChI is InChI=1S/C22H22BrClN2O4/c1-28-18-8-5-14(11-20(18)29-2)16-12-17(13-3-6-15(24)7-4-13)26(25-16)22(27)19-9-10-21(23)30-19/h3-8,11,17,19,21H,9-10,12H2,1-2H3. The fourth-order valence-corrected chi connectivity index (χ4v) is 4.43. The molecule has 1 saturated heterocycles. The first-order valence-electron chi connectivity index (χ1n) is 9.68. The third-order valence-corrected chi connectivity index (χ3v) is 6.28. The van der Waals surface area contributed by atoms with Crippen LogP contribution < -0.4 is 9.47 Å². The highest BCUT2D eigenvalue weighted by Gasteiger charge is 2.39. The molecule has 2 aliphatic heterocycles. The summed E-state index contributed by atoms with van der Waals surface area (Å²) in [5.74, 6) is 1.13. The van der Waals surface area contributed by atoms with E-state index in [4.69, 9.17) is 30.9 Å². The molecule has 0 aliphatic carbocycles. The number of rotatable bonds is 5. The van der Waals surface area contributed by atoms with Crippen LogP contribution in [0.15, 0.2) is 47.6 Å². The average molecular weight is 494 g/mol. The predicted octanol–water partition coefficient (Wildman–Crippen LogP) is 4.93. The number of ether oxygens (including phenoxy) is 3. The maximum Gasteiger partial charge on any atom is 0.272 e. The first-order valence-corrected chi connectivity index (χ1v) is 11.0. The van der Waals surface area contributed by atoms with Crippen LogP contribution in [0, 0.1) is 0 Å². The number of benzene rings is 2. The Labute approximate surface area is 188 Å². The molecule has 1 fully saturated rings. The van der Waals surface area contributed by atoms with E-state index in [0.29, 0.717) is 29.4 Å². The van der Waals surface area contributed by atoms with Crippen molar-refractivity contribution in [1.29, 1.82) is 0 Å². The Hall–Kier alpha value is -2.09. The Morgan fingerprint density at radius 1 is 1.13 bits per heavy atom. The SMILES string of the molecule is COc1ccc(C2=NN(C(=O)C3CCC(Br)O3)C(c3ccc(Cl)cc3)C2)cc1OC. The number of alkyl halides is 1. The molecule has 3 unspecified atom stereocenters. The number of halogens is 2. The Morgan fingerprint density at radius 2 is 1.87 bits per heavy atom. The smallest absolute Gasteiger partial charge is 0.272 e. The van der Waals surface area contributed by atoms with Crippen molar-refractivity contribution >= 4 is 39.1 Å². The van der Waals surface area contributed by atoms with Crippen molar-refractivity contribution in [2.75, 3.05) is 14.2 Å². The number of carbonyl (C=O) groups is 1. The van der Waals surface area contributed by atoms with Gasteiger partial charge in [-0.25, -0.2) is 5.01 Å². The van der Waals surface area contributed by atoms with Crippen molar-refractivity contribution < 1.29 is 19.0 Å². The van der Waals surface area contributed by atoms with Crippen molar-refractivity contribution in [3.63, 3.8) is 0 Å². The van der Waals surface area contributed by atoms with Gasteiger partial charge in [0.25, 0.3) is 5.91 Å². The van der Waals surface area contributed by atoms with Gasteiger partial charge in [-0.05, 0) is 48.7 Å². The topological polar surface area (TPSA) is 60.4 Å². The first-order chi connectivity index (χ1) is 14.5. The summed E-state index contributed by atoms with van der Waals surface area (Å²) in [6, 6.07) is 12.9. The highest BCUT2D eigenvalue weighted by molar-refractivity contribution is 9.09. The summed E-state index contributed by atoms with van der Waals surface area (Å²) in [6.45, 7) is 0. The molecule has 30 heavy (non-hydrogen) atoms. The van der Waals surface area contributed by atoms with Crippen molar-refractivity contribution in [3.8, 4) is 11.5 Å². The Kier molecular flexibility index (Phi) is 6.32. The van der Waals surface area contributed by atoms with Crippen molar-refractivity contribution in [2.45, 2.75) is 36.4 Å². The minimum atomic E-state index is -0.502. The van der Waals surface area contributed by atoms with Crippen LogP contribution in [0.25, 0.3) is 0 Å². The van der Waals surface area contributed by atoms with E-state index in [2.05, 4.69) is 15.9 Å². The number of hydrazone groups is 1. The zero-order chi connectivity index (χ0) is 21.3. The average Bonchev–Trinajstić information content (AvgIpc) is 3.40. The van der Waals surface area contributed by atoms with Crippen LogP contribution in [-0.2, 0) is 9.53 Å². The first kappa shape index (κ1) is 21.2. The molecule has 0 spiro atoms. The van der Waals surface area contributed by atoms with E-state index in [9.17, 15) is 4.79 Å². The van der Waals surface area contributed by atoms with Gasteiger partial charge in [-0.2, -0.15) is 5.10 Å². The van der Waals surface area contributed by atoms with Gasteiger partial charge in [0.2, 0.25) is 0 Å². The molecular weight excluding hydrogens is 472 g/mol. The zero-order valence-corrected chi connectivity index (χ0v) is 19.0. The summed E-state index contributed by atoms with van der Waals surface area (Å²) in [7, 11) is 3.19. The largest absolute Gasteiger partial charge is 0.493 e. The van der Waals surface area contributed by atoms with Crippen LogP contribution in [0.3, 0.4) is 0 Å². The Balaban J connectivity index is 1.68. The lowest BCUT2D eigenvalue weighted by Crippen LogP contribution is -2.36. The summed E-state index contributed by atoms with van der Waals surface area (Å²) in [4.78, 5) is 13.2. The lowest BCUT2D eigenvalue weighted by atomic mass is 9.98. The number of hydrogen-bond acceptors (Lipinski definition) is 5. The minimum Gasteiger partial charge on any atom is -0.493 e. The van der Waals surface area contributed by atoms with Crippen LogP contribution in [0.2, 0.25) is 5.02 Å². The molecule has 6 nitrogen and oxygen atoms in total. The molecule has 2 aromatic rings. The van der Waals surface area contributed by atoms with Crippen LogP contribution in [0.5, 0.6) is 11.5 Å². The van der Waals surface area contributed by atoms with E-state index in [1.807, 2.05) is 42.5 Å². The van der Waals surface area contributed by atoms with Crippen LogP contribution in [0.1, 0.15) is 36.4 Å². The molecule has 2 aromatic carbocycles. The summed E-state index contributed by atoms with van der Waals surface area (Å²) in [5.41, 5.74) is 2.66. The Morgan fingerprint density at radius 3 is 2.50 bits per heavy atom. The second-order valence-corrected chi connectivity index (χ2v) is 8.64. The van der Waals surface area contributed by atoms with Crippen LogP contribution in [0.4, 0.5) is 0 Å². The molecule has 0 N–H and O–H groups in total. The van der Waals surface area contributed by atoms with Gasteiger partial charge in [0, 0.05) is 17.0 Å². The van der Waals surface area contributed by atoms with Crippen molar-refractivity contribution in [1.82, 2.24) is 5.01 Å². The number of hydrogen-bond donors (Lipinski definition) is 0. The van der Waals surface area contributed by atoms with E-state index in [0.717, 1.165) is 23.3 Å². The van der Waals surface area contributed by atoms with Gasteiger partial charge in [-0.1, -0.05) is 39.7 Å². The summed E-state index contributed by atoms with van der Waals surface area (Å²) in [5, 5.41) is 6.83. The monoisotopic (exact) mass is 492 g/mol. The maximum atomic E-state index is 13.2. The van der Waals surface area contributed by atoms with Gasteiger partial charge in [0.1, 0.15) is 11.1 Å². The van der Waals surface area contributed by atoms with E-state index in [1.165, 1.54) is 0 Å². The molecule has 4 rings (SSSR count). The second kappa shape index (κ2) is 8.96. The molecule has 0 bridgehead atoms. The lowest BCUT2D eigenvalue weighted by molar-refractivity contribution is -0.143. The summed E-state index contributed by atoms with van der Waals surface area (Å²) in [6.07, 6.45) is 1.53.